The van der Waals surface area contributed by atoms with Gasteiger partial charge in [0.15, 0.2) is 0 Å². The van der Waals surface area contributed by atoms with Gasteiger partial charge in [-0.15, -0.1) is 0 Å². The molecule has 0 unspecified atom stereocenters. The summed E-state index contributed by atoms with van der Waals surface area (Å²) in [6.07, 6.45) is 3.64. The Balaban J connectivity index is 2.53. The van der Waals surface area contributed by atoms with E-state index in [9.17, 15) is 0 Å². The van der Waals surface area contributed by atoms with Gasteiger partial charge in [-0.05, 0) is 13.8 Å². The number of nitrogens with one attached hydrogen (secondary N) is 1. The number of aromatic nitrogens is 4. The topological polar surface area (TPSA) is 55.6 Å². The second kappa shape index (κ2) is 3.68. The van der Waals surface area contributed by atoms with Crippen LogP contribution < -0.4 is 5.32 Å². The van der Waals surface area contributed by atoms with Crippen molar-refractivity contribution >= 4 is 5.82 Å². The van der Waals surface area contributed by atoms with Gasteiger partial charge >= 0.3 is 0 Å². The zero-order valence-electron chi connectivity index (χ0n) is 9.02. The van der Waals surface area contributed by atoms with Crippen LogP contribution in [0, 0.1) is 13.8 Å². The first-order chi connectivity index (χ1) is 7.20. The van der Waals surface area contributed by atoms with Crippen LogP contribution in [-0.4, -0.2) is 26.6 Å². The summed E-state index contributed by atoms with van der Waals surface area (Å²) in [6, 6.07) is 1.89. The first-order valence-corrected chi connectivity index (χ1v) is 4.74. The highest BCUT2D eigenvalue weighted by atomic mass is 15.1. The fourth-order valence-electron chi connectivity index (χ4n) is 1.42. The lowest BCUT2D eigenvalue weighted by atomic mass is 10.4. The molecule has 0 aliphatic heterocycles. The van der Waals surface area contributed by atoms with E-state index in [0.29, 0.717) is 0 Å². The predicted octanol–water partition coefficient (Wildman–Crippen LogP) is 1.32. The van der Waals surface area contributed by atoms with Crippen LogP contribution >= 0.6 is 0 Å². The van der Waals surface area contributed by atoms with Crippen LogP contribution in [0.1, 0.15) is 11.6 Å². The lowest BCUT2D eigenvalue weighted by Crippen LogP contribution is -2.04. The van der Waals surface area contributed by atoms with Gasteiger partial charge in [0.1, 0.15) is 23.3 Å². The van der Waals surface area contributed by atoms with Crippen molar-refractivity contribution in [1.29, 1.82) is 0 Å². The molecule has 0 saturated heterocycles. The van der Waals surface area contributed by atoms with Crippen LogP contribution in [0.4, 0.5) is 5.82 Å². The highest BCUT2D eigenvalue weighted by Gasteiger charge is 2.04. The third-order valence-electron chi connectivity index (χ3n) is 2.15. The SMILES string of the molecule is CNc1cc(-n2ccnc2C)nc(C)n1. The molecular formula is C10H13N5. The quantitative estimate of drug-likeness (QED) is 0.799. The van der Waals surface area contributed by atoms with Crippen molar-refractivity contribution in [1.82, 2.24) is 19.5 Å². The number of rotatable bonds is 2. The number of hydrogen-bond donors (Lipinski definition) is 1. The summed E-state index contributed by atoms with van der Waals surface area (Å²) in [5.74, 6) is 3.30. The summed E-state index contributed by atoms with van der Waals surface area (Å²) < 4.78 is 1.93. The molecule has 0 atom stereocenters. The zero-order chi connectivity index (χ0) is 10.8. The molecule has 0 bridgehead atoms. The predicted molar refractivity (Wildman–Crippen MR) is 58.2 cm³/mol. The Labute approximate surface area is 88.2 Å². The third kappa shape index (κ3) is 1.81. The summed E-state index contributed by atoms with van der Waals surface area (Å²) in [7, 11) is 1.84. The van der Waals surface area contributed by atoms with E-state index in [2.05, 4.69) is 20.3 Å². The fourth-order valence-corrected chi connectivity index (χ4v) is 1.42. The van der Waals surface area contributed by atoms with Crippen molar-refractivity contribution in [3.63, 3.8) is 0 Å². The summed E-state index contributed by atoms with van der Waals surface area (Å²) in [5.41, 5.74) is 0. The maximum Gasteiger partial charge on any atom is 0.143 e. The molecule has 2 rings (SSSR count). The normalized spacial score (nSPS) is 10.3. The van der Waals surface area contributed by atoms with Gasteiger partial charge in [-0.25, -0.2) is 15.0 Å². The van der Waals surface area contributed by atoms with Gasteiger partial charge in [-0.2, -0.15) is 0 Å². The standard InChI is InChI=1S/C10H13N5/c1-7-13-9(11-3)6-10(14-7)15-5-4-12-8(15)2/h4-6H,1-3H3,(H,11,13,14). The van der Waals surface area contributed by atoms with Gasteiger partial charge in [0.25, 0.3) is 0 Å². The largest absolute Gasteiger partial charge is 0.373 e. The van der Waals surface area contributed by atoms with Crippen molar-refractivity contribution < 1.29 is 0 Å². The maximum absolute atomic E-state index is 4.36. The van der Waals surface area contributed by atoms with Crippen molar-refractivity contribution in [2.45, 2.75) is 13.8 Å². The highest BCUT2D eigenvalue weighted by molar-refractivity contribution is 5.41. The second-order valence-corrected chi connectivity index (χ2v) is 3.25. The van der Waals surface area contributed by atoms with E-state index in [-0.39, 0.29) is 0 Å². The number of aryl methyl sites for hydroxylation is 2. The van der Waals surface area contributed by atoms with Crippen LogP contribution in [-0.2, 0) is 0 Å². The molecule has 78 valence electrons. The highest BCUT2D eigenvalue weighted by Crippen LogP contribution is 2.11. The number of nitrogens with zero attached hydrogens (tertiary/aromatic N) is 4. The van der Waals surface area contributed by atoms with Gasteiger partial charge in [-0.1, -0.05) is 0 Å². The first-order valence-electron chi connectivity index (χ1n) is 4.74. The van der Waals surface area contributed by atoms with Crippen LogP contribution in [0.5, 0.6) is 0 Å². The van der Waals surface area contributed by atoms with Crippen LogP contribution in [0.25, 0.3) is 5.82 Å². The second-order valence-electron chi connectivity index (χ2n) is 3.25. The molecule has 5 nitrogen and oxygen atoms in total. The fraction of sp³-hybridized carbons (Fsp3) is 0.300. The summed E-state index contributed by atoms with van der Waals surface area (Å²) in [4.78, 5) is 12.8. The van der Waals surface area contributed by atoms with E-state index in [1.54, 1.807) is 6.20 Å². The first kappa shape index (κ1) is 9.64. The molecule has 0 aromatic carbocycles. The lowest BCUT2D eigenvalue weighted by Gasteiger charge is -2.07. The molecule has 0 spiro atoms. The minimum absolute atomic E-state index is 0.741. The molecule has 5 heteroatoms. The Morgan fingerprint density at radius 3 is 2.67 bits per heavy atom. The molecule has 0 aliphatic carbocycles. The summed E-state index contributed by atoms with van der Waals surface area (Å²) >= 11 is 0. The molecule has 0 fully saturated rings. The van der Waals surface area contributed by atoms with Crippen molar-refractivity contribution in [3.05, 3.63) is 30.1 Å². The molecule has 0 radical (unpaired) electrons. The van der Waals surface area contributed by atoms with Crippen LogP contribution in [0.2, 0.25) is 0 Å². The summed E-state index contributed by atoms with van der Waals surface area (Å²) in [6.45, 7) is 3.81. The number of imidazole rings is 1. The van der Waals surface area contributed by atoms with Gasteiger partial charge < -0.3 is 5.32 Å². The van der Waals surface area contributed by atoms with E-state index < -0.39 is 0 Å². The molecule has 15 heavy (non-hydrogen) atoms. The van der Waals surface area contributed by atoms with E-state index in [0.717, 1.165) is 23.3 Å². The van der Waals surface area contributed by atoms with Gasteiger partial charge in [0, 0.05) is 25.5 Å². The van der Waals surface area contributed by atoms with Crippen molar-refractivity contribution in [3.8, 4) is 5.82 Å². The number of anilines is 1. The molecule has 2 heterocycles. The van der Waals surface area contributed by atoms with Crippen LogP contribution in [0.15, 0.2) is 18.5 Å². The molecule has 0 saturated carbocycles. The third-order valence-corrected chi connectivity index (χ3v) is 2.15. The molecular weight excluding hydrogens is 190 g/mol. The molecule has 2 aromatic heterocycles. The van der Waals surface area contributed by atoms with Gasteiger partial charge in [0.05, 0.1) is 0 Å². The van der Waals surface area contributed by atoms with E-state index in [4.69, 9.17) is 0 Å². The Hall–Kier alpha value is -1.91. The Kier molecular flexibility index (Phi) is 2.37. The minimum Gasteiger partial charge on any atom is -0.373 e. The van der Waals surface area contributed by atoms with E-state index >= 15 is 0 Å². The van der Waals surface area contributed by atoms with E-state index in [1.165, 1.54) is 0 Å². The lowest BCUT2D eigenvalue weighted by molar-refractivity contribution is 0.900. The molecule has 0 amide bonds. The smallest absolute Gasteiger partial charge is 0.143 e. The van der Waals surface area contributed by atoms with Gasteiger partial charge in [0.2, 0.25) is 0 Å². The van der Waals surface area contributed by atoms with Crippen molar-refractivity contribution in [2.75, 3.05) is 12.4 Å². The van der Waals surface area contributed by atoms with E-state index in [1.807, 2.05) is 37.7 Å². The summed E-state index contributed by atoms with van der Waals surface area (Å²) in [5, 5.41) is 3.00. The maximum atomic E-state index is 4.36. The molecule has 1 N–H and O–H groups in total. The van der Waals surface area contributed by atoms with Crippen LogP contribution in [0.3, 0.4) is 0 Å². The monoisotopic (exact) mass is 203 g/mol. The Morgan fingerprint density at radius 1 is 1.27 bits per heavy atom. The zero-order valence-corrected chi connectivity index (χ0v) is 9.02. The molecule has 2 aromatic rings. The average molecular weight is 203 g/mol. The molecule has 0 aliphatic rings. The average Bonchev–Trinajstić information content (AvgIpc) is 2.63. The minimum atomic E-state index is 0.741. The Morgan fingerprint density at radius 2 is 2.07 bits per heavy atom. The number of hydrogen-bond acceptors (Lipinski definition) is 4. The Bertz CT molecular complexity index is 474. The van der Waals surface area contributed by atoms with Gasteiger partial charge in [-0.3, -0.25) is 4.57 Å². The van der Waals surface area contributed by atoms with Crippen molar-refractivity contribution in [2.24, 2.45) is 0 Å².